The fourth-order valence-corrected chi connectivity index (χ4v) is 4.37. The molecule has 0 spiro atoms. The predicted molar refractivity (Wildman–Crippen MR) is 129 cm³/mol. The smallest absolute Gasteiger partial charge is 0.272 e. The Morgan fingerprint density at radius 2 is 1.78 bits per heavy atom. The summed E-state index contributed by atoms with van der Waals surface area (Å²) in [7, 11) is 0. The molecule has 3 heterocycles. The molecule has 0 radical (unpaired) electrons. The van der Waals surface area contributed by atoms with Crippen LogP contribution in [0.25, 0.3) is 10.8 Å². The lowest BCUT2D eigenvalue weighted by molar-refractivity contribution is 0.0740. The number of nitrogens with zero attached hydrogens (tertiary/aromatic N) is 5. The fourth-order valence-electron chi connectivity index (χ4n) is 4.37. The van der Waals surface area contributed by atoms with E-state index in [-0.39, 0.29) is 30.6 Å². The number of carbonyl (C=O) groups excluding carboxylic acids is 1. The number of anilines is 1. The highest BCUT2D eigenvalue weighted by atomic mass is 19.2. The number of carbonyl (C=O) groups is 1. The molecule has 0 atom stereocenters. The minimum Gasteiger partial charge on any atom is -0.353 e. The van der Waals surface area contributed by atoms with Crippen LogP contribution in [0.3, 0.4) is 0 Å². The Morgan fingerprint density at radius 3 is 2.53 bits per heavy atom. The number of aromatic nitrogens is 3. The van der Waals surface area contributed by atoms with Crippen LogP contribution < -0.4 is 10.5 Å². The van der Waals surface area contributed by atoms with E-state index in [9.17, 15) is 18.4 Å². The molecule has 2 aromatic heterocycles. The number of hydrogen-bond donors (Lipinski definition) is 1. The van der Waals surface area contributed by atoms with Crippen molar-refractivity contribution < 1.29 is 13.6 Å². The predicted octanol–water partition coefficient (Wildman–Crippen LogP) is 3.02. The molecule has 0 unspecified atom stereocenters. The van der Waals surface area contributed by atoms with Gasteiger partial charge in [-0.05, 0) is 35.9 Å². The third-order valence-electron chi connectivity index (χ3n) is 6.20. The number of aromatic amines is 1. The second kappa shape index (κ2) is 9.54. The van der Waals surface area contributed by atoms with Gasteiger partial charge < -0.3 is 9.80 Å². The fraction of sp³-hybridized carbons (Fsp3) is 0.192. The summed E-state index contributed by atoms with van der Waals surface area (Å²) in [5.41, 5.74) is 0.444. The van der Waals surface area contributed by atoms with Crippen molar-refractivity contribution in [2.24, 2.45) is 0 Å². The van der Waals surface area contributed by atoms with Gasteiger partial charge >= 0.3 is 0 Å². The van der Waals surface area contributed by atoms with Gasteiger partial charge in [-0.15, -0.1) is 0 Å². The molecule has 10 heteroatoms. The number of halogens is 2. The Labute approximate surface area is 204 Å². The van der Waals surface area contributed by atoms with Gasteiger partial charge in [-0.3, -0.25) is 9.59 Å². The van der Waals surface area contributed by atoms with Crippen LogP contribution in [0.15, 0.2) is 59.4 Å². The Morgan fingerprint density at radius 1 is 1.03 bits per heavy atom. The molecular formula is C26H20F2N6O2. The lowest BCUT2D eigenvalue weighted by Gasteiger charge is -2.35. The molecular weight excluding hydrogens is 466 g/mol. The van der Waals surface area contributed by atoms with Crippen LogP contribution in [0.4, 0.5) is 14.6 Å². The summed E-state index contributed by atoms with van der Waals surface area (Å²) in [5, 5.41) is 16.6. The van der Waals surface area contributed by atoms with Crippen LogP contribution in [0, 0.1) is 23.0 Å². The van der Waals surface area contributed by atoms with Crippen molar-refractivity contribution in [3.8, 4) is 6.07 Å². The van der Waals surface area contributed by atoms with Gasteiger partial charge in [-0.25, -0.2) is 18.9 Å². The molecule has 1 amide bonds. The van der Waals surface area contributed by atoms with Crippen molar-refractivity contribution in [3.05, 3.63) is 99.1 Å². The first-order valence-corrected chi connectivity index (χ1v) is 11.3. The third kappa shape index (κ3) is 4.38. The number of H-pyrrole nitrogens is 1. The van der Waals surface area contributed by atoms with E-state index in [1.807, 2.05) is 11.0 Å². The summed E-state index contributed by atoms with van der Waals surface area (Å²) in [5.74, 6) is -2.30. The average Bonchev–Trinajstić information content (AvgIpc) is 2.92. The summed E-state index contributed by atoms with van der Waals surface area (Å²) in [6.07, 6.45) is 0.101. The summed E-state index contributed by atoms with van der Waals surface area (Å²) < 4.78 is 29.3. The molecule has 0 bridgehead atoms. The molecule has 1 saturated heterocycles. The van der Waals surface area contributed by atoms with Crippen molar-refractivity contribution in [1.29, 1.82) is 5.26 Å². The zero-order chi connectivity index (χ0) is 25.2. The summed E-state index contributed by atoms with van der Waals surface area (Å²) in [6.45, 7) is 1.44. The van der Waals surface area contributed by atoms with Gasteiger partial charge in [-0.1, -0.05) is 24.3 Å². The monoisotopic (exact) mass is 486 g/mol. The van der Waals surface area contributed by atoms with E-state index < -0.39 is 17.5 Å². The van der Waals surface area contributed by atoms with Crippen LogP contribution in [0.2, 0.25) is 0 Å². The number of benzene rings is 2. The molecule has 2 aromatic carbocycles. The van der Waals surface area contributed by atoms with E-state index in [0.29, 0.717) is 46.6 Å². The molecule has 1 aliphatic rings. The lowest BCUT2D eigenvalue weighted by atomic mass is 10.0. The Balaban J connectivity index is 1.37. The van der Waals surface area contributed by atoms with Crippen LogP contribution in [-0.4, -0.2) is 52.2 Å². The molecule has 1 aliphatic heterocycles. The first kappa shape index (κ1) is 23.1. The van der Waals surface area contributed by atoms with E-state index in [1.54, 1.807) is 42.5 Å². The van der Waals surface area contributed by atoms with Crippen molar-refractivity contribution in [1.82, 2.24) is 20.1 Å². The van der Waals surface area contributed by atoms with Crippen LogP contribution >= 0.6 is 0 Å². The van der Waals surface area contributed by atoms with Gasteiger partial charge in [0.2, 0.25) is 0 Å². The minimum atomic E-state index is -1.20. The highest BCUT2D eigenvalue weighted by Crippen LogP contribution is 2.23. The number of nitrogens with one attached hydrogen (secondary N) is 1. The minimum absolute atomic E-state index is 0.101. The topological polar surface area (TPSA) is 106 Å². The Hall–Kier alpha value is -4.65. The number of rotatable bonds is 4. The van der Waals surface area contributed by atoms with Crippen molar-refractivity contribution in [2.45, 2.75) is 6.42 Å². The maximum absolute atomic E-state index is 14.7. The average molecular weight is 486 g/mol. The summed E-state index contributed by atoms with van der Waals surface area (Å²) in [4.78, 5) is 32.9. The second-order valence-corrected chi connectivity index (χ2v) is 8.43. The maximum Gasteiger partial charge on any atom is 0.272 e. The number of piperazine rings is 1. The zero-order valence-electron chi connectivity index (χ0n) is 19.0. The number of fused-ring (bicyclic) bond motifs is 1. The largest absolute Gasteiger partial charge is 0.353 e. The number of nitriles is 1. The molecule has 4 aromatic rings. The van der Waals surface area contributed by atoms with Crippen molar-refractivity contribution >= 4 is 22.5 Å². The third-order valence-corrected chi connectivity index (χ3v) is 6.20. The Kier molecular flexibility index (Phi) is 6.12. The molecule has 1 fully saturated rings. The van der Waals surface area contributed by atoms with Gasteiger partial charge in [-0.2, -0.15) is 10.4 Å². The van der Waals surface area contributed by atoms with Gasteiger partial charge in [0.05, 0.1) is 16.6 Å². The molecule has 1 N–H and O–H groups in total. The van der Waals surface area contributed by atoms with E-state index in [4.69, 9.17) is 5.26 Å². The van der Waals surface area contributed by atoms with Crippen LogP contribution in [0.1, 0.15) is 27.3 Å². The second-order valence-electron chi connectivity index (χ2n) is 8.43. The van der Waals surface area contributed by atoms with E-state index in [2.05, 4.69) is 15.2 Å². The molecule has 5 rings (SSSR count). The molecule has 0 saturated carbocycles. The first-order valence-electron chi connectivity index (χ1n) is 11.3. The van der Waals surface area contributed by atoms with E-state index in [0.717, 1.165) is 6.07 Å². The first-order chi connectivity index (χ1) is 17.4. The normalized spacial score (nSPS) is 13.6. The highest BCUT2D eigenvalue weighted by Gasteiger charge is 2.27. The van der Waals surface area contributed by atoms with Gasteiger partial charge in [0.15, 0.2) is 11.6 Å². The number of hydrogen-bond acceptors (Lipinski definition) is 6. The molecule has 0 aliphatic carbocycles. The van der Waals surface area contributed by atoms with E-state index in [1.165, 1.54) is 11.0 Å². The summed E-state index contributed by atoms with van der Waals surface area (Å²) in [6, 6.07) is 16.4. The molecule has 8 nitrogen and oxygen atoms in total. The number of pyridine rings is 1. The summed E-state index contributed by atoms with van der Waals surface area (Å²) >= 11 is 0. The Bertz CT molecular complexity index is 1570. The molecule has 36 heavy (non-hydrogen) atoms. The van der Waals surface area contributed by atoms with E-state index >= 15 is 0 Å². The van der Waals surface area contributed by atoms with Crippen LogP contribution in [0.5, 0.6) is 0 Å². The van der Waals surface area contributed by atoms with Crippen molar-refractivity contribution in [2.75, 3.05) is 31.1 Å². The van der Waals surface area contributed by atoms with Gasteiger partial charge in [0.25, 0.3) is 11.5 Å². The van der Waals surface area contributed by atoms with Crippen molar-refractivity contribution in [3.63, 3.8) is 0 Å². The maximum atomic E-state index is 14.7. The van der Waals surface area contributed by atoms with Gasteiger partial charge in [0.1, 0.15) is 17.6 Å². The lowest BCUT2D eigenvalue weighted by Crippen LogP contribution is -2.49. The van der Waals surface area contributed by atoms with Crippen LogP contribution in [-0.2, 0) is 6.42 Å². The molecule has 180 valence electrons. The quantitative estimate of drug-likeness (QED) is 0.475. The SMILES string of the molecule is N#Cc1cccc(N2CCN(C(=O)c3cc(Cc4n[nH]c(=O)c5ccccc45)cc(F)c3F)CC2)n1. The zero-order valence-corrected chi connectivity index (χ0v) is 19.0. The highest BCUT2D eigenvalue weighted by molar-refractivity contribution is 5.95. The van der Waals surface area contributed by atoms with Gasteiger partial charge in [0, 0.05) is 38.0 Å². The standard InChI is InChI=1S/C26H20F2N6O2/c27-21-13-16(14-22-18-5-1-2-6-19(18)25(35)32-31-22)12-20(24(21)28)26(36)34-10-8-33(9-11-34)23-7-3-4-17(15-29)30-23/h1-7,12-13H,8-11,14H2,(H,32,35). The number of amides is 1.